The minimum Gasteiger partial charge on any atom is -0.507 e. The third kappa shape index (κ3) is 4.14. The summed E-state index contributed by atoms with van der Waals surface area (Å²) < 4.78 is 53.4. The molecule has 3 aromatic carbocycles. The lowest BCUT2D eigenvalue weighted by atomic mass is 9.73. The van der Waals surface area contributed by atoms with Gasteiger partial charge in [-0.1, -0.05) is 48.5 Å². The fourth-order valence-corrected chi connectivity index (χ4v) is 5.54. The summed E-state index contributed by atoms with van der Waals surface area (Å²) in [5, 5.41) is 20.9. The number of amidine groups is 1. The van der Waals surface area contributed by atoms with E-state index in [1.165, 1.54) is 23.1 Å². The maximum Gasteiger partial charge on any atom is 0.418 e. The molecule has 1 aliphatic carbocycles. The summed E-state index contributed by atoms with van der Waals surface area (Å²) in [6.07, 6.45) is -3.75. The van der Waals surface area contributed by atoms with E-state index in [0.29, 0.717) is 41.2 Å². The minimum absolute atomic E-state index is 0.0334. The molecule has 0 unspecified atom stereocenters. The SMILES string of the molecule is N=C1C(=C(O)c2ccccc2)[C@@H](c2ccc3c(c2)OCO3)C2=C(CCCC2=O)N1c1ccccc1C(F)(F)F. The van der Waals surface area contributed by atoms with E-state index < -0.39 is 17.7 Å². The fraction of sp³-hybridized carbons (Fsp3) is 0.200. The van der Waals surface area contributed by atoms with Crippen LogP contribution in [0.15, 0.2) is 89.6 Å². The second kappa shape index (κ2) is 9.34. The van der Waals surface area contributed by atoms with Gasteiger partial charge in [0.1, 0.15) is 11.6 Å². The van der Waals surface area contributed by atoms with Crippen molar-refractivity contribution in [2.45, 2.75) is 31.4 Å². The first-order valence-corrected chi connectivity index (χ1v) is 12.5. The van der Waals surface area contributed by atoms with Crippen molar-refractivity contribution < 1.29 is 32.5 Å². The summed E-state index contributed by atoms with van der Waals surface area (Å²) in [6.45, 7) is 0.0338. The highest BCUT2D eigenvalue weighted by Gasteiger charge is 2.45. The number of carbonyl (C=O) groups excluding carboxylic acids is 1. The van der Waals surface area contributed by atoms with Crippen molar-refractivity contribution in [1.82, 2.24) is 0 Å². The van der Waals surface area contributed by atoms with Crippen molar-refractivity contribution in [3.63, 3.8) is 0 Å². The van der Waals surface area contributed by atoms with Gasteiger partial charge in [0.2, 0.25) is 6.79 Å². The number of halogens is 3. The van der Waals surface area contributed by atoms with Crippen LogP contribution in [0, 0.1) is 5.41 Å². The Labute approximate surface area is 222 Å². The van der Waals surface area contributed by atoms with Crippen LogP contribution in [-0.2, 0) is 11.0 Å². The zero-order valence-electron chi connectivity index (χ0n) is 20.6. The molecule has 0 bridgehead atoms. The molecule has 2 aliphatic heterocycles. The lowest BCUT2D eigenvalue weighted by Crippen LogP contribution is -2.43. The van der Waals surface area contributed by atoms with Crippen molar-refractivity contribution >= 4 is 23.1 Å². The molecule has 0 saturated carbocycles. The first-order chi connectivity index (χ1) is 18.8. The van der Waals surface area contributed by atoms with E-state index >= 15 is 0 Å². The molecule has 0 spiro atoms. The number of hydrogen-bond donors (Lipinski definition) is 2. The van der Waals surface area contributed by atoms with Gasteiger partial charge in [0, 0.05) is 34.7 Å². The van der Waals surface area contributed by atoms with Gasteiger partial charge >= 0.3 is 6.18 Å². The van der Waals surface area contributed by atoms with Crippen LogP contribution in [0.4, 0.5) is 18.9 Å². The number of ether oxygens (including phenoxy) is 2. The van der Waals surface area contributed by atoms with Crippen LogP contribution in [0.3, 0.4) is 0 Å². The van der Waals surface area contributed by atoms with Gasteiger partial charge in [-0.15, -0.1) is 0 Å². The summed E-state index contributed by atoms with van der Waals surface area (Å²) in [7, 11) is 0. The molecule has 3 aliphatic rings. The highest BCUT2D eigenvalue weighted by molar-refractivity contribution is 6.20. The molecular formula is C30H23F3N2O4. The predicted octanol–water partition coefficient (Wildman–Crippen LogP) is 6.99. The number of ketones is 1. The van der Waals surface area contributed by atoms with Crippen LogP contribution >= 0.6 is 0 Å². The van der Waals surface area contributed by atoms with E-state index in [1.54, 1.807) is 48.5 Å². The van der Waals surface area contributed by atoms with Crippen LogP contribution in [0.1, 0.15) is 41.9 Å². The lowest BCUT2D eigenvalue weighted by Gasteiger charge is -2.42. The molecule has 0 fully saturated rings. The van der Waals surface area contributed by atoms with Crippen LogP contribution in [0.25, 0.3) is 5.76 Å². The number of Topliss-reactive ketones (excluding diaryl/α,β-unsaturated/α-hetero) is 1. The Kier molecular flexibility index (Phi) is 5.94. The lowest BCUT2D eigenvalue weighted by molar-refractivity contribution is -0.137. The molecule has 39 heavy (non-hydrogen) atoms. The third-order valence-corrected chi connectivity index (χ3v) is 7.24. The summed E-state index contributed by atoms with van der Waals surface area (Å²) in [6, 6.07) is 18.6. The Morgan fingerprint density at radius 1 is 0.949 bits per heavy atom. The van der Waals surface area contributed by atoms with Gasteiger partial charge in [0.25, 0.3) is 0 Å². The molecule has 2 N–H and O–H groups in total. The second-order valence-corrected chi connectivity index (χ2v) is 9.51. The topological polar surface area (TPSA) is 82.9 Å². The van der Waals surface area contributed by atoms with E-state index in [0.717, 1.165) is 6.07 Å². The summed E-state index contributed by atoms with van der Waals surface area (Å²) in [5.74, 6) is -0.782. The van der Waals surface area contributed by atoms with Gasteiger partial charge < -0.3 is 14.6 Å². The molecular weight excluding hydrogens is 509 g/mol. The molecule has 0 aromatic heterocycles. The average molecular weight is 533 g/mol. The number of fused-ring (bicyclic) bond motifs is 1. The fourth-order valence-electron chi connectivity index (χ4n) is 5.54. The predicted molar refractivity (Wildman–Crippen MR) is 139 cm³/mol. The Hall–Kier alpha value is -4.53. The summed E-state index contributed by atoms with van der Waals surface area (Å²) in [5.41, 5.74) is 0.378. The zero-order valence-corrected chi connectivity index (χ0v) is 20.6. The average Bonchev–Trinajstić information content (AvgIpc) is 3.40. The largest absolute Gasteiger partial charge is 0.507 e. The molecule has 6 nitrogen and oxygen atoms in total. The molecule has 0 amide bonds. The van der Waals surface area contributed by atoms with Gasteiger partial charge in [-0.3, -0.25) is 15.1 Å². The quantitative estimate of drug-likeness (QED) is 0.355. The number of nitrogens with one attached hydrogen (secondary N) is 1. The number of benzene rings is 3. The van der Waals surface area contributed by atoms with Gasteiger partial charge in [-0.2, -0.15) is 13.2 Å². The normalized spacial score (nSPS) is 20.3. The molecule has 1 atom stereocenters. The van der Waals surface area contributed by atoms with Crippen LogP contribution < -0.4 is 14.4 Å². The number of carbonyl (C=O) groups is 1. The number of aliphatic hydroxyl groups is 1. The van der Waals surface area contributed by atoms with Gasteiger partial charge in [-0.05, 0) is 42.7 Å². The van der Waals surface area contributed by atoms with Gasteiger partial charge in [-0.25, -0.2) is 0 Å². The monoisotopic (exact) mass is 532 g/mol. The molecule has 0 radical (unpaired) electrons. The Balaban J connectivity index is 1.67. The summed E-state index contributed by atoms with van der Waals surface area (Å²) >= 11 is 0. The Bertz CT molecular complexity index is 1560. The molecule has 9 heteroatoms. The van der Waals surface area contributed by atoms with E-state index in [1.807, 2.05) is 0 Å². The number of alkyl halides is 3. The van der Waals surface area contributed by atoms with E-state index in [4.69, 9.17) is 9.47 Å². The van der Waals surface area contributed by atoms with E-state index in [-0.39, 0.29) is 47.4 Å². The van der Waals surface area contributed by atoms with E-state index in [9.17, 15) is 28.5 Å². The summed E-state index contributed by atoms with van der Waals surface area (Å²) in [4.78, 5) is 14.8. The molecule has 0 saturated heterocycles. The first-order valence-electron chi connectivity index (χ1n) is 12.5. The number of hydrogen-bond acceptors (Lipinski definition) is 5. The van der Waals surface area contributed by atoms with Crippen molar-refractivity contribution in [2.75, 3.05) is 11.7 Å². The van der Waals surface area contributed by atoms with Crippen molar-refractivity contribution in [2.24, 2.45) is 0 Å². The highest BCUT2D eigenvalue weighted by atomic mass is 19.4. The third-order valence-electron chi connectivity index (χ3n) is 7.24. The number of aliphatic hydroxyl groups excluding tert-OH is 1. The molecule has 2 heterocycles. The van der Waals surface area contributed by atoms with Crippen molar-refractivity contribution in [3.8, 4) is 11.5 Å². The smallest absolute Gasteiger partial charge is 0.418 e. The van der Waals surface area contributed by atoms with Gasteiger partial charge in [0.05, 0.1) is 11.3 Å². The van der Waals surface area contributed by atoms with Crippen LogP contribution in [0.5, 0.6) is 11.5 Å². The number of allylic oxidation sites excluding steroid dienone is 2. The molecule has 3 aromatic rings. The van der Waals surface area contributed by atoms with Crippen LogP contribution in [0.2, 0.25) is 0 Å². The van der Waals surface area contributed by atoms with E-state index in [2.05, 4.69) is 0 Å². The number of anilines is 1. The minimum atomic E-state index is -4.70. The Morgan fingerprint density at radius 3 is 2.44 bits per heavy atom. The first kappa shape index (κ1) is 24.8. The van der Waals surface area contributed by atoms with Gasteiger partial charge in [0.15, 0.2) is 17.3 Å². The highest BCUT2D eigenvalue weighted by Crippen LogP contribution is 2.50. The van der Waals surface area contributed by atoms with Crippen LogP contribution in [-0.4, -0.2) is 23.5 Å². The standard InChI is InChI=1S/C30H23F3N2O4/c31-30(32,33)19-9-4-5-10-20(19)35-21-11-6-12-22(36)26(21)25(18-13-14-23-24(15-18)39-16-38-23)27(29(35)34)28(37)17-7-2-1-3-8-17/h1-5,7-10,13-15,25,34,37H,6,11-12,16H2/t25-/m0/s1. The zero-order chi connectivity index (χ0) is 27.3. The number of para-hydroxylation sites is 1. The maximum absolute atomic E-state index is 14.2. The second-order valence-electron chi connectivity index (χ2n) is 9.51. The van der Waals surface area contributed by atoms with Crippen molar-refractivity contribution in [3.05, 3.63) is 106 Å². The van der Waals surface area contributed by atoms with Crippen molar-refractivity contribution in [1.29, 1.82) is 5.41 Å². The maximum atomic E-state index is 14.2. The molecule has 6 rings (SSSR count). The Morgan fingerprint density at radius 2 is 1.67 bits per heavy atom. The molecule has 198 valence electrons. The number of rotatable bonds is 3. The number of nitrogens with zero attached hydrogens (tertiary/aromatic N) is 1.